The third kappa shape index (κ3) is 7.97. The quantitative estimate of drug-likeness (QED) is 0.186. The van der Waals surface area contributed by atoms with Crippen molar-refractivity contribution in [3.05, 3.63) is 83.4 Å². The van der Waals surface area contributed by atoms with Crippen LogP contribution in [0.25, 0.3) is 0 Å². The number of carbonyl (C=O) groups is 2. The van der Waals surface area contributed by atoms with Crippen molar-refractivity contribution in [1.29, 1.82) is 0 Å². The molecule has 0 aliphatic carbocycles. The van der Waals surface area contributed by atoms with Crippen LogP contribution in [0.2, 0.25) is 0 Å². The Hall–Kier alpha value is -4.54. The van der Waals surface area contributed by atoms with E-state index in [1.165, 1.54) is 39.7 Å². The Morgan fingerprint density at radius 2 is 1.56 bits per heavy atom. The first-order valence-corrected chi connectivity index (χ1v) is 11.7. The van der Waals surface area contributed by atoms with E-state index in [-0.39, 0.29) is 18.5 Å². The fraction of sp³-hybridized carbons (Fsp3) is 0.250. The lowest BCUT2D eigenvalue weighted by Crippen LogP contribution is -2.31. The Morgan fingerprint density at radius 1 is 0.897 bits per heavy atom. The largest absolute Gasteiger partial charge is 0.493 e. The molecule has 0 saturated heterocycles. The molecule has 0 aromatic heterocycles. The molecule has 0 heterocycles. The molecule has 0 unspecified atom stereocenters. The number of esters is 1. The number of benzene rings is 3. The lowest BCUT2D eigenvalue weighted by atomic mass is 10.1. The fourth-order valence-electron chi connectivity index (χ4n) is 3.55. The molecule has 8 nitrogen and oxygen atoms in total. The highest BCUT2D eigenvalue weighted by molar-refractivity contribution is 5.96. The molecule has 0 aliphatic rings. The van der Waals surface area contributed by atoms with Crippen molar-refractivity contribution in [2.24, 2.45) is 5.10 Å². The van der Waals surface area contributed by atoms with E-state index in [0.29, 0.717) is 28.4 Å². The number of hydrazone groups is 1. The van der Waals surface area contributed by atoms with Gasteiger partial charge in [-0.3, -0.25) is 9.59 Å². The van der Waals surface area contributed by atoms with Crippen LogP contribution in [-0.4, -0.2) is 46.0 Å². The van der Waals surface area contributed by atoms with Crippen LogP contribution in [0.4, 0.5) is 18.9 Å². The molecular formula is C28H27F3N2O6. The molecule has 0 fully saturated rings. The van der Waals surface area contributed by atoms with Crippen LogP contribution in [0, 0.1) is 0 Å². The number of nitrogens with zero attached hydrogens (tertiary/aromatic N) is 2. The van der Waals surface area contributed by atoms with Crippen molar-refractivity contribution >= 4 is 23.8 Å². The van der Waals surface area contributed by atoms with Crippen LogP contribution >= 0.6 is 0 Å². The van der Waals surface area contributed by atoms with Crippen molar-refractivity contribution in [2.45, 2.75) is 19.0 Å². The molecule has 3 aromatic carbocycles. The van der Waals surface area contributed by atoms with Crippen LogP contribution in [0.3, 0.4) is 0 Å². The molecule has 0 aliphatic heterocycles. The maximum absolute atomic E-state index is 13.3. The number of hydrogen-bond acceptors (Lipinski definition) is 7. The summed E-state index contributed by atoms with van der Waals surface area (Å²) >= 11 is 0. The van der Waals surface area contributed by atoms with Crippen LogP contribution in [-0.2, 0) is 26.9 Å². The molecule has 0 saturated carbocycles. The number of carbonyl (C=O) groups excluding carboxylic acids is 2. The molecule has 3 rings (SSSR count). The van der Waals surface area contributed by atoms with Gasteiger partial charge >= 0.3 is 12.1 Å². The van der Waals surface area contributed by atoms with Gasteiger partial charge in [0, 0.05) is 6.42 Å². The van der Waals surface area contributed by atoms with Gasteiger partial charge in [-0.15, -0.1) is 0 Å². The van der Waals surface area contributed by atoms with E-state index in [0.717, 1.165) is 17.1 Å². The molecule has 3 aromatic rings. The number of rotatable bonds is 11. The maximum atomic E-state index is 13.3. The van der Waals surface area contributed by atoms with E-state index in [1.54, 1.807) is 42.5 Å². The highest BCUT2D eigenvalue weighted by atomic mass is 19.4. The monoisotopic (exact) mass is 544 g/mol. The second-order valence-corrected chi connectivity index (χ2v) is 8.10. The predicted octanol–water partition coefficient (Wildman–Crippen LogP) is 5.27. The van der Waals surface area contributed by atoms with E-state index in [1.807, 2.05) is 0 Å². The Balaban J connectivity index is 1.71. The summed E-state index contributed by atoms with van der Waals surface area (Å²) in [5.74, 6) is -0.273. The summed E-state index contributed by atoms with van der Waals surface area (Å²) in [5, 5.41) is 4.85. The van der Waals surface area contributed by atoms with Gasteiger partial charge in [0.05, 0.1) is 38.8 Å². The minimum atomic E-state index is -4.62. The first kappa shape index (κ1) is 29.0. The lowest BCUT2D eigenvalue weighted by Gasteiger charge is -2.18. The van der Waals surface area contributed by atoms with E-state index in [9.17, 15) is 22.8 Å². The fourth-order valence-corrected chi connectivity index (χ4v) is 3.55. The van der Waals surface area contributed by atoms with Crippen molar-refractivity contribution in [3.63, 3.8) is 0 Å². The minimum absolute atomic E-state index is 0.0806. The Bertz CT molecular complexity index is 1290. The van der Waals surface area contributed by atoms with Gasteiger partial charge in [0.1, 0.15) is 0 Å². The number of methoxy groups -OCH3 is 3. The molecule has 0 bridgehead atoms. The van der Waals surface area contributed by atoms with Crippen LogP contribution < -0.4 is 19.2 Å². The van der Waals surface area contributed by atoms with Gasteiger partial charge in [-0.25, -0.2) is 0 Å². The number of anilines is 1. The van der Waals surface area contributed by atoms with Crippen molar-refractivity contribution < 1.29 is 41.7 Å². The van der Waals surface area contributed by atoms with E-state index in [4.69, 9.17) is 18.9 Å². The summed E-state index contributed by atoms with van der Waals surface area (Å²) in [6.07, 6.45) is -3.13. The van der Waals surface area contributed by atoms with Crippen molar-refractivity contribution in [2.75, 3.05) is 32.9 Å². The smallest absolute Gasteiger partial charge is 0.416 e. The lowest BCUT2D eigenvalue weighted by molar-refractivity contribution is -0.147. The van der Waals surface area contributed by atoms with E-state index < -0.39 is 30.2 Å². The van der Waals surface area contributed by atoms with Gasteiger partial charge in [-0.1, -0.05) is 36.4 Å². The van der Waals surface area contributed by atoms with Gasteiger partial charge in [-0.2, -0.15) is 23.3 Å². The summed E-state index contributed by atoms with van der Waals surface area (Å²) < 4.78 is 60.8. The summed E-state index contributed by atoms with van der Waals surface area (Å²) in [5.41, 5.74) is 0.237. The number of ether oxygens (including phenoxy) is 4. The molecule has 1 amide bonds. The molecule has 0 spiro atoms. The summed E-state index contributed by atoms with van der Waals surface area (Å²) in [6.45, 7) is -0.726. The maximum Gasteiger partial charge on any atom is 0.416 e. The second kappa shape index (κ2) is 13.3. The van der Waals surface area contributed by atoms with Gasteiger partial charge < -0.3 is 18.9 Å². The first-order chi connectivity index (χ1) is 18.7. The molecule has 206 valence electrons. The van der Waals surface area contributed by atoms with Crippen LogP contribution in [0.1, 0.15) is 23.1 Å². The third-order valence-electron chi connectivity index (χ3n) is 5.48. The zero-order chi connectivity index (χ0) is 28.4. The SMILES string of the molecule is COc1cc(CCC(=O)OCC(=O)N(/N=C\c2ccccc2)c2cccc(C(F)(F)F)c2)cc(OC)c1OC. The Labute approximate surface area is 223 Å². The second-order valence-electron chi connectivity index (χ2n) is 8.10. The number of halogens is 3. The normalized spacial score (nSPS) is 11.2. The average molecular weight is 545 g/mol. The predicted molar refractivity (Wildman–Crippen MR) is 138 cm³/mol. The van der Waals surface area contributed by atoms with Gasteiger partial charge in [-0.05, 0) is 47.9 Å². The van der Waals surface area contributed by atoms with Crippen LogP contribution in [0.5, 0.6) is 17.2 Å². The highest BCUT2D eigenvalue weighted by Gasteiger charge is 2.31. The van der Waals surface area contributed by atoms with Crippen molar-refractivity contribution in [1.82, 2.24) is 0 Å². The van der Waals surface area contributed by atoms with Gasteiger partial charge in [0.2, 0.25) is 5.75 Å². The highest BCUT2D eigenvalue weighted by Crippen LogP contribution is 2.38. The molecule has 11 heteroatoms. The topological polar surface area (TPSA) is 86.7 Å². The molecule has 0 atom stereocenters. The Kier molecular flexibility index (Phi) is 9.91. The van der Waals surface area contributed by atoms with E-state index >= 15 is 0 Å². The minimum Gasteiger partial charge on any atom is -0.493 e. The molecule has 0 radical (unpaired) electrons. The summed E-state index contributed by atoms with van der Waals surface area (Å²) in [7, 11) is 4.41. The number of aryl methyl sites for hydroxylation is 1. The number of alkyl halides is 3. The zero-order valence-electron chi connectivity index (χ0n) is 21.5. The number of hydrogen-bond donors (Lipinski definition) is 0. The summed E-state index contributed by atoms with van der Waals surface area (Å²) in [4.78, 5) is 25.4. The van der Waals surface area contributed by atoms with Crippen molar-refractivity contribution in [3.8, 4) is 17.2 Å². The molecule has 39 heavy (non-hydrogen) atoms. The van der Waals surface area contributed by atoms with Crippen LogP contribution in [0.15, 0.2) is 71.8 Å². The summed E-state index contributed by atoms with van der Waals surface area (Å²) in [6, 6.07) is 16.2. The zero-order valence-corrected chi connectivity index (χ0v) is 21.5. The first-order valence-electron chi connectivity index (χ1n) is 11.7. The van der Waals surface area contributed by atoms with Gasteiger partial charge in [0.25, 0.3) is 5.91 Å². The average Bonchev–Trinajstić information content (AvgIpc) is 2.94. The molecule has 0 N–H and O–H groups in total. The standard InChI is InChI=1S/C28H27F3N2O6/c1-36-23-14-20(15-24(37-2)27(23)38-3)12-13-26(35)39-18-25(34)33(32-17-19-8-5-4-6-9-19)22-11-7-10-21(16-22)28(29,30)31/h4-11,14-17H,12-13,18H2,1-3H3/b32-17-. The number of amides is 1. The molecular weight excluding hydrogens is 517 g/mol. The van der Waals surface area contributed by atoms with E-state index in [2.05, 4.69) is 5.10 Å². The Morgan fingerprint density at radius 3 is 2.15 bits per heavy atom. The third-order valence-corrected chi connectivity index (χ3v) is 5.48. The van der Waals surface area contributed by atoms with Gasteiger partial charge in [0.15, 0.2) is 18.1 Å².